The lowest BCUT2D eigenvalue weighted by molar-refractivity contribution is -0.123. The molecule has 1 amide bonds. The van der Waals surface area contributed by atoms with E-state index in [1.54, 1.807) is 0 Å². The smallest absolute Gasteiger partial charge is 0.224 e. The monoisotopic (exact) mass is 287 g/mol. The summed E-state index contributed by atoms with van der Waals surface area (Å²) in [6, 6.07) is 11.7. The molecule has 112 valence electrons. The molecule has 0 aromatic heterocycles. The highest BCUT2D eigenvalue weighted by atomic mass is 16.5. The zero-order valence-corrected chi connectivity index (χ0v) is 12.3. The first kappa shape index (κ1) is 15.3. The quantitative estimate of drug-likeness (QED) is 0.892. The molecule has 1 aromatic rings. The summed E-state index contributed by atoms with van der Waals surface area (Å²) in [6.45, 7) is 1.97. The van der Waals surface area contributed by atoms with E-state index in [1.165, 1.54) is 0 Å². The highest BCUT2D eigenvalue weighted by Gasteiger charge is 2.35. The lowest BCUT2D eigenvalue weighted by atomic mass is 9.89. The molecule has 0 saturated carbocycles. The molecule has 0 atom stereocenters. The Kier molecular flexibility index (Phi) is 5.18. The average Bonchev–Trinajstić information content (AvgIpc) is 2.51. The summed E-state index contributed by atoms with van der Waals surface area (Å²) in [5.74, 6) is 0.622. The van der Waals surface area contributed by atoms with Crippen LogP contribution >= 0.6 is 0 Å². The van der Waals surface area contributed by atoms with Gasteiger partial charge >= 0.3 is 0 Å². The van der Waals surface area contributed by atoms with E-state index in [2.05, 4.69) is 16.3 Å². The van der Waals surface area contributed by atoms with Gasteiger partial charge in [-0.25, -0.2) is 0 Å². The number of hydrogen-bond donors (Lipinski definition) is 1. The molecule has 0 radical (unpaired) electrons. The van der Waals surface area contributed by atoms with Crippen LogP contribution in [-0.4, -0.2) is 43.1 Å². The normalized spacial score (nSPS) is 17.7. The fourth-order valence-electron chi connectivity index (χ4n) is 2.37. The number of piperidine rings is 1. The van der Waals surface area contributed by atoms with Crippen molar-refractivity contribution < 1.29 is 9.53 Å². The second-order valence-electron chi connectivity index (χ2n) is 5.46. The number of carbonyl (C=O) groups is 1. The van der Waals surface area contributed by atoms with Gasteiger partial charge in [-0.15, -0.1) is 0 Å². The number of likely N-dealkylation sites (tertiary alicyclic amines) is 1. The van der Waals surface area contributed by atoms with E-state index in [1.807, 2.05) is 37.4 Å². The van der Waals surface area contributed by atoms with Gasteiger partial charge < -0.3 is 15.0 Å². The highest BCUT2D eigenvalue weighted by molar-refractivity contribution is 5.77. The van der Waals surface area contributed by atoms with E-state index in [0.29, 0.717) is 19.4 Å². The summed E-state index contributed by atoms with van der Waals surface area (Å²) in [4.78, 5) is 14.2. The Bertz CT molecular complexity index is 502. The molecule has 0 spiro atoms. The van der Waals surface area contributed by atoms with Crippen LogP contribution in [0.5, 0.6) is 5.75 Å². The summed E-state index contributed by atoms with van der Waals surface area (Å²) in [5, 5.41) is 12.2. The number of carbonyl (C=O) groups excluding carboxylic acids is 1. The fraction of sp³-hybridized carbons (Fsp3) is 0.500. The van der Waals surface area contributed by atoms with E-state index >= 15 is 0 Å². The summed E-state index contributed by atoms with van der Waals surface area (Å²) < 4.78 is 5.50. The average molecular weight is 287 g/mol. The maximum absolute atomic E-state index is 12.0. The molecule has 1 aliphatic rings. The van der Waals surface area contributed by atoms with Crippen LogP contribution in [0.4, 0.5) is 0 Å². The third-order valence-corrected chi connectivity index (χ3v) is 3.77. The number of nitriles is 1. The van der Waals surface area contributed by atoms with Crippen molar-refractivity contribution in [3.05, 3.63) is 30.3 Å². The van der Waals surface area contributed by atoms with Crippen LogP contribution in [0.3, 0.4) is 0 Å². The van der Waals surface area contributed by atoms with Crippen molar-refractivity contribution in [3.63, 3.8) is 0 Å². The predicted molar refractivity (Wildman–Crippen MR) is 79.8 cm³/mol. The van der Waals surface area contributed by atoms with Gasteiger partial charge in [0.1, 0.15) is 11.3 Å². The molecule has 5 nitrogen and oxygen atoms in total. The van der Waals surface area contributed by atoms with Crippen molar-refractivity contribution in [3.8, 4) is 11.8 Å². The first-order valence-corrected chi connectivity index (χ1v) is 7.22. The van der Waals surface area contributed by atoms with Gasteiger partial charge in [-0.1, -0.05) is 18.2 Å². The molecule has 1 aromatic carbocycles. The Balaban J connectivity index is 1.77. The minimum Gasteiger partial charge on any atom is -0.493 e. The largest absolute Gasteiger partial charge is 0.493 e. The van der Waals surface area contributed by atoms with Crippen LogP contribution in [0.1, 0.15) is 19.3 Å². The maximum atomic E-state index is 12.0. The van der Waals surface area contributed by atoms with Crippen LogP contribution in [0, 0.1) is 11.3 Å². The molecule has 1 heterocycles. The van der Waals surface area contributed by atoms with Gasteiger partial charge in [0.05, 0.1) is 19.1 Å². The Labute approximate surface area is 125 Å². The third-order valence-electron chi connectivity index (χ3n) is 3.77. The van der Waals surface area contributed by atoms with Gasteiger partial charge in [0, 0.05) is 13.1 Å². The third kappa shape index (κ3) is 4.47. The summed E-state index contributed by atoms with van der Waals surface area (Å²) in [7, 11) is 2.02. The van der Waals surface area contributed by atoms with Crippen LogP contribution in [-0.2, 0) is 4.79 Å². The minimum absolute atomic E-state index is 0.128. The van der Waals surface area contributed by atoms with Crippen molar-refractivity contribution >= 4 is 5.91 Å². The number of nitrogens with one attached hydrogen (secondary N) is 1. The van der Waals surface area contributed by atoms with E-state index < -0.39 is 5.54 Å². The van der Waals surface area contributed by atoms with Crippen LogP contribution < -0.4 is 10.1 Å². The maximum Gasteiger partial charge on any atom is 0.224 e. The number of amides is 1. The summed E-state index contributed by atoms with van der Waals surface area (Å²) in [6.07, 6.45) is 1.60. The SMILES string of the molecule is CN1CCC(C#N)(NC(=O)CCOc2ccccc2)CC1. The van der Waals surface area contributed by atoms with Crippen molar-refractivity contribution in [1.29, 1.82) is 5.26 Å². The number of benzene rings is 1. The lowest BCUT2D eigenvalue weighted by Crippen LogP contribution is -2.54. The second kappa shape index (κ2) is 7.09. The lowest BCUT2D eigenvalue weighted by Gasteiger charge is -2.36. The Hall–Kier alpha value is -2.06. The molecule has 1 saturated heterocycles. The Morgan fingerprint density at radius 2 is 2.05 bits per heavy atom. The predicted octanol–water partition coefficient (Wildman–Crippen LogP) is 1.56. The van der Waals surface area contributed by atoms with E-state index in [0.717, 1.165) is 18.8 Å². The first-order chi connectivity index (χ1) is 10.1. The Morgan fingerprint density at radius 1 is 1.38 bits per heavy atom. The van der Waals surface area contributed by atoms with E-state index in [9.17, 15) is 10.1 Å². The van der Waals surface area contributed by atoms with Crippen molar-refractivity contribution in [1.82, 2.24) is 10.2 Å². The number of para-hydroxylation sites is 1. The van der Waals surface area contributed by atoms with Crippen molar-refractivity contribution in [2.75, 3.05) is 26.7 Å². The van der Waals surface area contributed by atoms with Crippen LogP contribution in [0.25, 0.3) is 0 Å². The topological polar surface area (TPSA) is 65.4 Å². The zero-order chi connectivity index (χ0) is 15.1. The molecular formula is C16H21N3O2. The minimum atomic E-state index is -0.712. The van der Waals surface area contributed by atoms with Gasteiger partial charge in [0.15, 0.2) is 0 Å². The van der Waals surface area contributed by atoms with Gasteiger partial charge in [0.25, 0.3) is 0 Å². The van der Waals surface area contributed by atoms with Crippen LogP contribution in [0.15, 0.2) is 30.3 Å². The van der Waals surface area contributed by atoms with Gasteiger partial charge in [-0.05, 0) is 32.0 Å². The molecule has 0 unspecified atom stereocenters. The second-order valence-corrected chi connectivity index (χ2v) is 5.46. The van der Waals surface area contributed by atoms with Gasteiger partial charge in [-0.3, -0.25) is 4.79 Å². The standard InChI is InChI=1S/C16H21N3O2/c1-19-10-8-16(13-17,9-11-19)18-15(20)7-12-21-14-5-3-2-4-6-14/h2-6H,7-12H2,1H3,(H,18,20). The van der Waals surface area contributed by atoms with Gasteiger partial charge in [0.2, 0.25) is 5.91 Å². The van der Waals surface area contributed by atoms with E-state index in [4.69, 9.17) is 4.74 Å². The number of nitrogens with zero attached hydrogens (tertiary/aromatic N) is 2. The zero-order valence-electron chi connectivity index (χ0n) is 12.3. The molecule has 5 heteroatoms. The molecular weight excluding hydrogens is 266 g/mol. The number of rotatable bonds is 5. The Morgan fingerprint density at radius 3 is 2.67 bits per heavy atom. The van der Waals surface area contributed by atoms with Crippen molar-refractivity contribution in [2.24, 2.45) is 0 Å². The van der Waals surface area contributed by atoms with Crippen LogP contribution in [0.2, 0.25) is 0 Å². The molecule has 0 aliphatic carbocycles. The molecule has 1 N–H and O–H groups in total. The molecule has 1 fully saturated rings. The first-order valence-electron chi connectivity index (χ1n) is 7.22. The summed E-state index contributed by atoms with van der Waals surface area (Å²) in [5.41, 5.74) is -0.712. The molecule has 0 bridgehead atoms. The van der Waals surface area contributed by atoms with Crippen molar-refractivity contribution in [2.45, 2.75) is 24.8 Å². The molecule has 2 rings (SSSR count). The highest BCUT2D eigenvalue weighted by Crippen LogP contribution is 2.20. The molecule has 1 aliphatic heterocycles. The number of hydrogen-bond acceptors (Lipinski definition) is 4. The fourth-order valence-corrected chi connectivity index (χ4v) is 2.37. The summed E-state index contributed by atoms with van der Waals surface area (Å²) >= 11 is 0. The number of ether oxygens (including phenoxy) is 1. The van der Waals surface area contributed by atoms with Gasteiger partial charge in [-0.2, -0.15) is 5.26 Å². The van der Waals surface area contributed by atoms with E-state index in [-0.39, 0.29) is 12.3 Å². The molecule has 21 heavy (non-hydrogen) atoms.